The highest BCUT2D eigenvalue weighted by atomic mass is 16.5. The number of fused-ring (bicyclic) bond motifs is 1. The summed E-state index contributed by atoms with van der Waals surface area (Å²) in [7, 11) is 1.52. The number of nitrogens with zero attached hydrogens (tertiary/aromatic N) is 2. The van der Waals surface area contributed by atoms with Crippen molar-refractivity contribution in [3.05, 3.63) is 36.2 Å². The molecule has 0 saturated carbocycles. The molecule has 122 valence electrons. The molecule has 0 aromatic carbocycles. The van der Waals surface area contributed by atoms with Crippen molar-refractivity contribution in [3.63, 3.8) is 0 Å². The lowest BCUT2D eigenvalue weighted by Gasteiger charge is -2.18. The summed E-state index contributed by atoms with van der Waals surface area (Å²) in [6, 6.07) is 4.29. The number of hydrogen-bond acceptors (Lipinski definition) is 5. The summed E-state index contributed by atoms with van der Waals surface area (Å²) in [4.78, 5) is 36.8. The maximum atomic E-state index is 12.5. The van der Waals surface area contributed by atoms with Crippen LogP contribution in [0.2, 0.25) is 0 Å². The third kappa shape index (κ3) is 3.57. The average Bonchev–Trinajstić information content (AvgIpc) is 2.90. The van der Waals surface area contributed by atoms with E-state index in [-0.39, 0.29) is 18.2 Å². The fraction of sp³-hybridized carbons (Fsp3) is 0.312. The first-order valence-electron chi connectivity index (χ1n) is 7.13. The Balaban J connectivity index is 2.34. The number of rotatable bonds is 5. The van der Waals surface area contributed by atoms with Gasteiger partial charge in [-0.15, -0.1) is 0 Å². The van der Waals surface area contributed by atoms with Crippen molar-refractivity contribution >= 4 is 23.2 Å². The number of nitrogens with two attached hydrogens (primary N) is 1. The predicted octanol–water partition coefficient (Wildman–Crippen LogP) is 0.853. The molecule has 0 aliphatic heterocycles. The Morgan fingerprint density at radius 1 is 1.30 bits per heavy atom. The maximum absolute atomic E-state index is 12.5. The number of hydrogen-bond donors (Lipinski definition) is 1. The Labute approximate surface area is 133 Å². The second-order valence-corrected chi connectivity index (χ2v) is 5.36. The second-order valence-electron chi connectivity index (χ2n) is 5.36. The van der Waals surface area contributed by atoms with Gasteiger partial charge in [0, 0.05) is 31.9 Å². The molecule has 0 unspecified atom stereocenters. The van der Waals surface area contributed by atoms with Gasteiger partial charge in [0.25, 0.3) is 0 Å². The highest BCUT2D eigenvalue weighted by molar-refractivity contribution is 6.06. The number of likely N-dealkylation sites (N-methyl/N-ethyl adjacent to an activating group) is 1. The largest absolute Gasteiger partial charge is 0.424 e. The monoisotopic (exact) mass is 317 g/mol. The van der Waals surface area contributed by atoms with Crippen LogP contribution in [0.3, 0.4) is 0 Å². The van der Waals surface area contributed by atoms with Crippen LogP contribution < -0.4 is 10.5 Å². The molecule has 1 atom stereocenters. The summed E-state index contributed by atoms with van der Waals surface area (Å²) < 4.78 is 6.85. The van der Waals surface area contributed by atoms with Crippen molar-refractivity contribution in [1.29, 1.82) is 0 Å². The lowest BCUT2D eigenvalue weighted by atomic mass is 10.1. The van der Waals surface area contributed by atoms with Crippen molar-refractivity contribution in [1.82, 2.24) is 9.30 Å². The molecule has 2 rings (SSSR count). The molecule has 1 amide bonds. The van der Waals surface area contributed by atoms with Crippen LogP contribution in [-0.4, -0.2) is 46.6 Å². The molecule has 7 heteroatoms. The van der Waals surface area contributed by atoms with Crippen molar-refractivity contribution in [2.75, 3.05) is 13.6 Å². The van der Waals surface area contributed by atoms with E-state index >= 15 is 0 Å². The predicted molar refractivity (Wildman–Crippen MR) is 84.3 cm³/mol. The molecule has 2 heterocycles. The Morgan fingerprint density at radius 2 is 2.00 bits per heavy atom. The van der Waals surface area contributed by atoms with E-state index in [2.05, 4.69) is 0 Å². The van der Waals surface area contributed by atoms with Crippen LogP contribution in [0.5, 0.6) is 5.75 Å². The van der Waals surface area contributed by atoms with Gasteiger partial charge >= 0.3 is 5.97 Å². The van der Waals surface area contributed by atoms with E-state index in [0.717, 1.165) is 0 Å². The Bertz CT molecular complexity index is 764. The van der Waals surface area contributed by atoms with Gasteiger partial charge in [0.05, 0.1) is 18.1 Å². The van der Waals surface area contributed by atoms with E-state index in [9.17, 15) is 14.4 Å². The minimum atomic E-state index is -0.671. The number of aromatic nitrogens is 1. The van der Waals surface area contributed by atoms with Crippen molar-refractivity contribution in [2.45, 2.75) is 19.9 Å². The summed E-state index contributed by atoms with van der Waals surface area (Å²) in [5.74, 6) is -0.748. The highest BCUT2D eigenvalue weighted by Crippen LogP contribution is 2.25. The van der Waals surface area contributed by atoms with E-state index in [4.69, 9.17) is 10.5 Å². The van der Waals surface area contributed by atoms with Gasteiger partial charge in [0.1, 0.15) is 0 Å². The minimum Gasteiger partial charge on any atom is -0.424 e. The fourth-order valence-electron chi connectivity index (χ4n) is 2.32. The second kappa shape index (κ2) is 6.62. The SMILES string of the molecule is CC(=O)Oc1cccn2ccc(C(=O)CN(C)C(=O)[C@H](C)N)c12. The number of carbonyl (C=O) groups excluding carboxylic acids is 3. The number of ketones is 1. The van der Waals surface area contributed by atoms with E-state index in [1.54, 1.807) is 41.9 Å². The van der Waals surface area contributed by atoms with Crippen LogP contribution in [0.4, 0.5) is 0 Å². The number of pyridine rings is 1. The van der Waals surface area contributed by atoms with Crippen molar-refractivity contribution in [2.24, 2.45) is 5.73 Å². The van der Waals surface area contributed by atoms with E-state index in [1.165, 1.54) is 18.9 Å². The van der Waals surface area contributed by atoms with Gasteiger partial charge in [-0.05, 0) is 25.1 Å². The minimum absolute atomic E-state index is 0.103. The number of esters is 1. The summed E-state index contributed by atoms with van der Waals surface area (Å²) in [5, 5.41) is 0. The third-order valence-electron chi connectivity index (χ3n) is 3.34. The summed E-state index contributed by atoms with van der Waals surface area (Å²) in [6.45, 7) is 2.76. The summed E-state index contributed by atoms with van der Waals surface area (Å²) in [5.41, 5.74) is 6.41. The van der Waals surface area contributed by atoms with Crippen LogP contribution in [0.25, 0.3) is 5.52 Å². The van der Waals surface area contributed by atoms with Gasteiger partial charge in [-0.1, -0.05) is 0 Å². The van der Waals surface area contributed by atoms with Gasteiger partial charge in [-0.25, -0.2) is 0 Å². The Morgan fingerprint density at radius 3 is 2.61 bits per heavy atom. The number of Topliss-reactive ketones (excluding diaryl/α,β-unsaturated/α-hetero) is 1. The average molecular weight is 317 g/mol. The van der Waals surface area contributed by atoms with Gasteiger partial charge in [0.2, 0.25) is 5.91 Å². The number of carbonyl (C=O) groups is 3. The molecule has 7 nitrogen and oxygen atoms in total. The van der Waals surface area contributed by atoms with Crippen molar-refractivity contribution in [3.8, 4) is 5.75 Å². The standard InChI is InChI=1S/C16H19N3O4/c1-10(17)16(22)18(3)9-13(21)12-6-8-19-7-4-5-14(15(12)19)23-11(2)20/h4-8,10H,9,17H2,1-3H3/t10-/m0/s1. The third-order valence-corrected chi connectivity index (χ3v) is 3.34. The molecule has 0 radical (unpaired) electrons. The van der Waals surface area contributed by atoms with Gasteiger partial charge in [-0.3, -0.25) is 14.4 Å². The van der Waals surface area contributed by atoms with Crippen LogP contribution in [-0.2, 0) is 9.59 Å². The van der Waals surface area contributed by atoms with Gasteiger partial charge in [0.15, 0.2) is 11.5 Å². The zero-order valence-electron chi connectivity index (χ0n) is 13.3. The summed E-state index contributed by atoms with van der Waals surface area (Å²) in [6.07, 6.45) is 3.44. The first-order valence-corrected chi connectivity index (χ1v) is 7.13. The number of ether oxygens (including phenoxy) is 1. The normalized spacial score (nSPS) is 12.0. The lowest BCUT2D eigenvalue weighted by molar-refractivity contribution is -0.132. The van der Waals surface area contributed by atoms with E-state index in [1.807, 2.05) is 0 Å². The molecule has 0 saturated heterocycles. The molecule has 2 N–H and O–H groups in total. The molecule has 0 bridgehead atoms. The van der Waals surface area contributed by atoms with Crippen LogP contribution in [0.15, 0.2) is 30.6 Å². The smallest absolute Gasteiger partial charge is 0.308 e. The van der Waals surface area contributed by atoms with E-state index in [0.29, 0.717) is 16.8 Å². The fourth-order valence-corrected chi connectivity index (χ4v) is 2.32. The van der Waals surface area contributed by atoms with Gasteiger partial charge in [-0.2, -0.15) is 0 Å². The van der Waals surface area contributed by atoms with Crippen molar-refractivity contribution < 1.29 is 19.1 Å². The molecular formula is C16H19N3O4. The first kappa shape index (κ1) is 16.7. The number of amides is 1. The molecule has 0 aliphatic rings. The zero-order valence-corrected chi connectivity index (χ0v) is 13.3. The Hall–Kier alpha value is -2.67. The molecule has 2 aromatic heterocycles. The van der Waals surface area contributed by atoms with Crippen LogP contribution in [0.1, 0.15) is 24.2 Å². The summed E-state index contributed by atoms with van der Waals surface area (Å²) >= 11 is 0. The Kier molecular flexibility index (Phi) is 4.80. The molecular weight excluding hydrogens is 298 g/mol. The lowest BCUT2D eigenvalue weighted by Crippen LogP contribution is -2.42. The maximum Gasteiger partial charge on any atom is 0.308 e. The van der Waals surface area contributed by atoms with Crippen LogP contribution >= 0.6 is 0 Å². The molecule has 0 fully saturated rings. The highest BCUT2D eigenvalue weighted by Gasteiger charge is 2.21. The topological polar surface area (TPSA) is 94.1 Å². The van der Waals surface area contributed by atoms with Crippen LogP contribution in [0, 0.1) is 0 Å². The van der Waals surface area contributed by atoms with Gasteiger partial charge < -0.3 is 19.8 Å². The zero-order chi connectivity index (χ0) is 17.1. The molecule has 0 spiro atoms. The quantitative estimate of drug-likeness (QED) is 0.652. The van der Waals surface area contributed by atoms with E-state index < -0.39 is 12.0 Å². The molecule has 2 aromatic rings. The molecule has 23 heavy (non-hydrogen) atoms. The molecule has 0 aliphatic carbocycles. The first-order chi connectivity index (χ1) is 10.8.